The van der Waals surface area contributed by atoms with Crippen molar-refractivity contribution in [3.05, 3.63) is 107 Å². The molecular formula is C29H30FN5O3. The van der Waals surface area contributed by atoms with E-state index in [1.807, 2.05) is 60.7 Å². The molecule has 0 unspecified atom stereocenters. The Morgan fingerprint density at radius 1 is 0.895 bits per heavy atom. The molecule has 0 aliphatic carbocycles. The number of likely N-dealkylation sites (N-methyl/N-ethyl adjacent to an activating group) is 1. The smallest absolute Gasteiger partial charge is 0.333 e. The van der Waals surface area contributed by atoms with Crippen LogP contribution in [0, 0.1) is 5.82 Å². The molecule has 3 aromatic rings. The predicted molar refractivity (Wildman–Crippen MR) is 140 cm³/mol. The number of nitrogens with one attached hydrogen (secondary N) is 1. The van der Waals surface area contributed by atoms with Crippen LogP contribution in [0.5, 0.6) is 0 Å². The highest BCUT2D eigenvalue weighted by Gasteiger charge is 2.50. The number of hydrogen-bond donors (Lipinski definition) is 1. The van der Waals surface area contributed by atoms with E-state index < -0.39 is 12.2 Å². The number of amides is 4. The second-order valence-corrected chi connectivity index (χ2v) is 9.64. The lowest BCUT2D eigenvalue weighted by molar-refractivity contribution is -0.187. The highest BCUT2D eigenvalue weighted by molar-refractivity contribution is 5.91. The molecule has 2 atom stereocenters. The Labute approximate surface area is 221 Å². The second-order valence-electron chi connectivity index (χ2n) is 9.64. The molecule has 196 valence electrons. The number of fused-ring (bicyclic) bond motifs is 1. The first kappa shape index (κ1) is 25.4. The average molecular weight is 516 g/mol. The maximum absolute atomic E-state index is 13.8. The summed E-state index contributed by atoms with van der Waals surface area (Å²) in [6, 6.07) is 24.0. The number of rotatable bonds is 6. The maximum Gasteiger partial charge on any atom is 0.334 e. The van der Waals surface area contributed by atoms with E-state index in [4.69, 9.17) is 0 Å². The minimum absolute atomic E-state index is 0.0220. The van der Waals surface area contributed by atoms with Gasteiger partial charge in [-0.1, -0.05) is 72.8 Å². The normalized spacial score (nSPS) is 19.9. The van der Waals surface area contributed by atoms with Crippen LogP contribution in [0.25, 0.3) is 0 Å². The lowest BCUT2D eigenvalue weighted by atomic mass is 9.98. The van der Waals surface area contributed by atoms with E-state index in [0.717, 1.165) is 16.7 Å². The fourth-order valence-corrected chi connectivity index (χ4v) is 5.15. The third-order valence-electron chi connectivity index (χ3n) is 6.99. The van der Waals surface area contributed by atoms with Crippen molar-refractivity contribution in [3.63, 3.8) is 0 Å². The monoisotopic (exact) mass is 515 g/mol. The SMILES string of the molecule is CN1CC(=O)N2[C@@H](Cc3ccccc3)C(=O)N(Cc3ccc(F)cc3)C[C@@H]2N1C(=O)NCc1ccccc1. The Bertz CT molecular complexity index is 1290. The van der Waals surface area contributed by atoms with E-state index in [2.05, 4.69) is 5.32 Å². The predicted octanol–water partition coefficient (Wildman–Crippen LogP) is 3.01. The molecule has 2 heterocycles. The zero-order valence-corrected chi connectivity index (χ0v) is 21.2. The van der Waals surface area contributed by atoms with E-state index in [-0.39, 0.29) is 43.3 Å². The van der Waals surface area contributed by atoms with Gasteiger partial charge in [0.1, 0.15) is 18.0 Å². The molecule has 38 heavy (non-hydrogen) atoms. The van der Waals surface area contributed by atoms with Crippen molar-refractivity contribution >= 4 is 17.8 Å². The van der Waals surface area contributed by atoms with Crippen LogP contribution in [0.4, 0.5) is 9.18 Å². The van der Waals surface area contributed by atoms with E-state index in [1.165, 1.54) is 17.1 Å². The van der Waals surface area contributed by atoms with E-state index in [1.54, 1.807) is 34.0 Å². The second kappa shape index (κ2) is 11.0. The van der Waals surface area contributed by atoms with Gasteiger partial charge in [-0.05, 0) is 28.8 Å². The molecule has 0 spiro atoms. The molecule has 2 aliphatic heterocycles. The largest absolute Gasteiger partial charge is 0.334 e. The van der Waals surface area contributed by atoms with Gasteiger partial charge in [0.25, 0.3) is 0 Å². The number of hydrogen-bond acceptors (Lipinski definition) is 4. The summed E-state index contributed by atoms with van der Waals surface area (Å²) in [5.41, 5.74) is 2.63. The Morgan fingerprint density at radius 3 is 2.18 bits per heavy atom. The molecule has 8 nitrogen and oxygen atoms in total. The average Bonchev–Trinajstić information content (AvgIpc) is 2.92. The molecule has 0 radical (unpaired) electrons. The first-order chi connectivity index (χ1) is 18.4. The summed E-state index contributed by atoms with van der Waals surface area (Å²) >= 11 is 0. The first-order valence-corrected chi connectivity index (χ1v) is 12.6. The van der Waals surface area contributed by atoms with Gasteiger partial charge < -0.3 is 15.1 Å². The van der Waals surface area contributed by atoms with Crippen molar-refractivity contribution < 1.29 is 18.8 Å². The molecule has 0 bridgehead atoms. The van der Waals surface area contributed by atoms with Crippen LogP contribution in [0.2, 0.25) is 0 Å². The van der Waals surface area contributed by atoms with Crippen LogP contribution in [-0.2, 0) is 29.1 Å². The molecule has 1 N–H and O–H groups in total. The van der Waals surface area contributed by atoms with E-state index >= 15 is 0 Å². The maximum atomic E-state index is 13.8. The summed E-state index contributed by atoms with van der Waals surface area (Å²) < 4.78 is 13.5. The summed E-state index contributed by atoms with van der Waals surface area (Å²) in [6.07, 6.45) is -0.366. The number of benzene rings is 3. The zero-order valence-electron chi connectivity index (χ0n) is 21.2. The Kier molecular flexibility index (Phi) is 7.37. The van der Waals surface area contributed by atoms with Crippen molar-refractivity contribution in [2.45, 2.75) is 31.7 Å². The Hall–Kier alpha value is -4.24. The van der Waals surface area contributed by atoms with E-state index in [9.17, 15) is 18.8 Å². The van der Waals surface area contributed by atoms with Gasteiger partial charge in [0.15, 0.2) is 0 Å². The van der Waals surface area contributed by atoms with Gasteiger partial charge in [0.2, 0.25) is 11.8 Å². The number of piperazine rings is 1. The van der Waals surface area contributed by atoms with Crippen LogP contribution in [0.1, 0.15) is 16.7 Å². The standard InChI is InChI=1S/C29H30FN5O3/c1-32-20-27(36)34-25(16-21-8-4-2-5-9-21)28(37)33(18-23-12-14-24(30)15-13-23)19-26(34)35(32)29(38)31-17-22-10-6-3-7-11-22/h2-15,25-26H,16-20H2,1H3,(H,31,38)/t25-,26-/m0/s1. The molecular weight excluding hydrogens is 485 g/mol. The molecule has 2 fully saturated rings. The number of halogens is 1. The van der Waals surface area contributed by atoms with Crippen molar-refractivity contribution in [3.8, 4) is 0 Å². The van der Waals surface area contributed by atoms with E-state index in [0.29, 0.717) is 13.0 Å². The third kappa shape index (κ3) is 5.38. The lowest BCUT2D eigenvalue weighted by Crippen LogP contribution is -2.76. The molecule has 2 saturated heterocycles. The molecule has 0 saturated carbocycles. The Morgan fingerprint density at radius 2 is 1.53 bits per heavy atom. The van der Waals surface area contributed by atoms with Gasteiger partial charge in [-0.3, -0.25) is 9.59 Å². The summed E-state index contributed by atoms with van der Waals surface area (Å²) in [5.74, 6) is -0.759. The van der Waals surface area contributed by atoms with Gasteiger partial charge in [-0.25, -0.2) is 19.2 Å². The quantitative estimate of drug-likeness (QED) is 0.548. The van der Waals surface area contributed by atoms with Gasteiger partial charge in [-0.2, -0.15) is 0 Å². The lowest BCUT2D eigenvalue weighted by Gasteiger charge is -2.54. The van der Waals surface area contributed by atoms with Crippen molar-refractivity contribution in [1.82, 2.24) is 25.1 Å². The number of nitrogens with zero attached hydrogens (tertiary/aromatic N) is 4. The minimum atomic E-state index is -0.776. The first-order valence-electron chi connectivity index (χ1n) is 12.6. The van der Waals surface area contributed by atoms with Crippen LogP contribution in [0.15, 0.2) is 84.9 Å². The summed E-state index contributed by atoms with van der Waals surface area (Å²) in [7, 11) is 1.70. The van der Waals surface area contributed by atoms with Gasteiger partial charge >= 0.3 is 6.03 Å². The number of carbonyl (C=O) groups excluding carboxylic acids is 3. The fraction of sp³-hybridized carbons (Fsp3) is 0.276. The summed E-state index contributed by atoms with van der Waals surface area (Å²) in [4.78, 5) is 43.9. The van der Waals surface area contributed by atoms with Crippen LogP contribution < -0.4 is 5.32 Å². The highest BCUT2D eigenvalue weighted by Crippen LogP contribution is 2.28. The zero-order chi connectivity index (χ0) is 26.6. The Balaban J connectivity index is 1.45. The van der Waals surface area contributed by atoms with Crippen molar-refractivity contribution in [1.29, 1.82) is 0 Å². The van der Waals surface area contributed by atoms with Crippen LogP contribution >= 0.6 is 0 Å². The van der Waals surface area contributed by atoms with Gasteiger partial charge in [-0.15, -0.1) is 0 Å². The van der Waals surface area contributed by atoms with Crippen LogP contribution in [0.3, 0.4) is 0 Å². The minimum Gasteiger partial charge on any atom is -0.333 e. The molecule has 3 aromatic carbocycles. The molecule has 2 aliphatic rings. The van der Waals surface area contributed by atoms with Crippen molar-refractivity contribution in [2.75, 3.05) is 20.1 Å². The number of hydrazine groups is 1. The molecule has 0 aromatic heterocycles. The van der Waals surface area contributed by atoms with Crippen LogP contribution in [-0.4, -0.2) is 70.0 Å². The molecule has 4 amide bonds. The van der Waals surface area contributed by atoms with Crippen molar-refractivity contribution in [2.24, 2.45) is 0 Å². The number of urea groups is 1. The fourth-order valence-electron chi connectivity index (χ4n) is 5.15. The molecule has 5 rings (SSSR count). The van der Waals surface area contributed by atoms with Gasteiger partial charge in [0.05, 0.1) is 13.1 Å². The topological polar surface area (TPSA) is 76.2 Å². The number of carbonyl (C=O) groups is 3. The summed E-state index contributed by atoms with van der Waals surface area (Å²) in [5, 5.41) is 6.10. The van der Waals surface area contributed by atoms with Gasteiger partial charge in [0, 0.05) is 26.6 Å². The third-order valence-corrected chi connectivity index (χ3v) is 6.99. The molecule has 9 heteroatoms. The highest BCUT2D eigenvalue weighted by atomic mass is 19.1. The summed E-state index contributed by atoms with van der Waals surface area (Å²) in [6.45, 7) is 0.685.